The van der Waals surface area contributed by atoms with Crippen LogP contribution in [0.3, 0.4) is 0 Å². The molecule has 0 saturated heterocycles. The molecule has 0 aliphatic heterocycles. The Kier molecular flexibility index (Phi) is 7.88. The SMILES string of the molecule is CCCc1noc(CCCC(=O)NC2CCCCCCC2C(=O)O)n1. The number of carbonyl (C=O) groups excluding carboxylic acids is 1. The summed E-state index contributed by atoms with van der Waals surface area (Å²) >= 11 is 0. The average Bonchev–Trinajstić information content (AvgIpc) is 2.97. The second-order valence-electron chi connectivity index (χ2n) is 6.82. The summed E-state index contributed by atoms with van der Waals surface area (Å²) in [5, 5.41) is 16.3. The minimum absolute atomic E-state index is 0.0925. The van der Waals surface area contributed by atoms with E-state index in [-0.39, 0.29) is 11.9 Å². The summed E-state index contributed by atoms with van der Waals surface area (Å²) < 4.78 is 5.16. The van der Waals surface area contributed by atoms with Crippen LogP contribution in [0.2, 0.25) is 0 Å². The van der Waals surface area contributed by atoms with Crippen LogP contribution in [0.15, 0.2) is 4.52 Å². The second-order valence-corrected chi connectivity index (χ2v) is 6.82. The van der Waals surface area contributed by atoms with Gasteiger partial charge >= 0.3 is 5.97 Å². The van der Waals surface area contributed by atoms with Crippen molar-refractivity contribution in [3.8, 4) is 0 Å². The number of amides is 1. The van der Waals surface area contributed by atoms with Gasteiger partial charge in [-0.2, -0.15) is 4.98 Å². The lowest BCUT2D eigenvalue weighted by molar-refractivity contribution is -0.143. The molecular formula is C18H29N3O4. The minimum atomic E-state index is -0.804. The number of nitrogens with one attached hydrogen (secondary N) is 1. The maximum atomic E-state index is 12.2. The average molecular weight is 351 g/mol. The monoisotopic (exact) mass is 351 g/mol. The van der Waals surface area contributed by atoms with E-state index in [0.29, 0.717) is 37.4 Å². The van der Waals surface area contributed by atoms with E-state index in [1.54, 1.807) is 0 Å². The third-order valence-corrected chi connectivity index (χ3v) is 4.71. The van der Waals surface area contributed by atoms with Crippen LogP contribution >= 0.6 is 0 Å². The summed E-state index contributed by atoms with van der Waals surface area (Å²) in [5.74, 6) is -0.102. The molecule has 2 rings (SSSR count). The Bertz CT molecular complexity index is 558. The first-order valence-electron chi connectivity index (χ1n) is 9.43. The quantitative estimate of drug-likeness (QED) is 0.746. The molecule has 1 aromatic heterocycles. The third-order valence-electron chi connectivity index (χ3n) is 4.71. The molecule has 1 heterocycles. The summed E-state index contributed by atoms with van der Waals surface area (Å²) in [7, 11) is 0. The van der Waals surface area contributed by atoms with E-state index in [1.807, 2.05) is 0 Å². The number of hydrogen-bond acceptors (Lipinski definition) is 5. The van der Waals surface area contributed by atoms with Crippen LogP contribution in [-0.2, 0) is 22.4 Å². The first-order valence-corrected chi connectivity index (χ1v) is 9.43. The lowest BCUT2D eigenvalue weighted by Gasteiger charge is -2.27. The Morgan fingerprint density at radius 2 is 1.96 bits per heavy atom. The number of aliphatic carboxylic acids is 1. The predicted octanol–water partition coefficient (Wildman–Crippen LogP) is 2.88. The molecule has 1 aliphatic carbocycles. The molecule has 1 fully saturated rings. The largest absolute Gasteiger partial charge is 0.481 e. The predicted molar refractivity (Wildman–Crippen MR) is 92.0 cm³/mol. The smallest absolute Gasteiger partial charge is 0.308 e. The molecule has 2 unspecified atom stereocenters. The van der Waals surface area contributed by atoms with Crippen LogP contribution in [0.1, 0.15) is 76.4 Å². The number of carboxylic acid groups (broad SMARTS) is 1. The minimum Gasteiger partial charge on any atom is -0.481 e. The third kappa shape index (κ3) is 6.48. The Balaban J connectivity index is 1.77. The van der Waals surface area contributed by atoms with Crippen molar-refractivity contribution in [2.24, 2.45) is 5.92 Å². The van der Waals surface area contributed by atoms with Crippen molar-refractivity contribution in [2.75, 3.05) is 0 Å². The van der Waals surface area contributed by atoms with Crippen molar-refractivity contribution in [3.63, 3.8) is 0 Å². The van der Waals surface area contributed by atoms with E-state index >= 15 is 0 Å². The van der Waals surface area contributed by atoms with Crippen LogP contribution in [0.4, 0.5) is 0 Å². The van der Waals surface area contributed by atoms with E-state index in [0.717, 1.165) is 44.9 Å². The molecule has 2 N–H and O–H groups in total. The first-order chi connectivity index (χ1) is 12.1. The molecule has 7 nitrogen and oxygen atoms in total. The highest BCUT2D eigenvalue weighted by molar-refractivity contribution is 5.78. The Hall–Kier alpha value is -1.92. The summed E-state index contributed by atoms with van der Waals surface area (Å²) in [6, 6.07) is -0.259. The molecule has 0 radical (unpaired) electrons. The standard InChI is InChI=1S/C18H29N3O4/c1-2-8-15-20-17(25-21-15)12-7-11-16(22)19-14-10-6-4-3-5-9-13(14)18(23)24/h13-14H,2-12H2,1H3,(H,19,22)(H,23,24). The number of carbonyl (C=O) groups is 2. The van der Waals surface area contributed by atoms with Gasteiger partial charge in [-0.25, -0.2) is 0 Å². The summed E-state index contributed by atoms with van der Waals surface area (Å²) in [6.07, 6.45) is 8.74. The Morgan fingerprint density at radius 1 is 1.20 bits per heavy atom. The first kappa shape index (κ1) is 19.4. The van der Waals surface area contributed by atoms with Gasteiger partial charge in [0.2, 0.25) is 11.8 Å². The highest BCUT2D eigenvalue weighted by atomic mass is 16.5. The molecule has 25 heavy (non-hydrogen) atoms. The van der Waals surface area contributed by atoms with E-state index in [1.165, 1.54) is 0 Å². The number of aryl methyl sites for hydroxylation is 2. The van der Waals surface area contributed by atoms with Crippen molar-refractivity contribution in [2.45, 2.75) is 83.6 Å². The fourth-order valence-electron chi connectivity index (χ4n) is 3.35. The van der Waals surface area contributed by atoms with Crippen LogP contribution in [0, 0.1) is 5.92 Å². The maximum absolute atomic E-state index is 12.2. The molecule has 0 spiro atoms. The van der Waals surface area contributed by atoms with Crippen LogP contribution in [-0.4, -0.2) is 33.2 Å². The van der Waals surface area contributed by atoms with E-state index in [9.17, 15) is 14.7 Å². The van der Waals surface area contributed by atoms with Gasteiger partial charge in [-0.3, -0.25) is 9.59 Å². The number of carboxylic acids is 1. The van der Waals surface area contributed by atoms with Crippen molar-refractivity contribution in [3.05, 3.63) is 11.7 Å². The molecule has 0 bridgehead atoms. The molecule has 7 heteroatoms. The van der Waals surface area contributed by atoms with Crippen molar-refractivity contribution >= 4 is 11.9 Å². The zero-order chi connectivity index (χ0) is 18.1. The number of nitrogens with zero attached hydrogens (tertiary/aromatic N) is 2. The summed E-state index contributed by atoms with van der Waals surface area (Å²) in [4.78, 5) is 28.0. The fourth-order valence-corrected chi connectivity index (χ4v) is 3.35. The summed E-state index contributed by atoms with van der Waals surface area (Å²) in [6.45, 7) is 2.06. The number of hydrogen-bond donors (Lipinski definition) is 2. The maximum Gasteiger partial charge on any atom is 0.308 e. The van der Waals surface area contributed by atoms with Gasteiger partial charge in [0, 0.05) is 25.3 Å². The van der Waals surface area contributed by atoms with Gasteiger partial charge < -0.3 is 14.9 Å². The lowest BCUT2D eigenvalue weighted by Crippen LogP contribution is -2.43. The molecule has 140 valence electrons. The van der Waals surface area contributed by atoms with Gasteiger partial charge in [-0.1, -0.05) is 37.8 Å². The topological polar surface area (TPSA) is 105 Å². The van der Waals surface area contributed by atoms with Gasteiger partial charge in [-0.15, -0.1) is 0 Å². The molecule has 0 aromatic carbocycles. The number of aromatic nitrogens is 2. The van der Waals surface area contributed by atoms with Crippen molar-refractivity contribution in [1.82, 2.24) is 15.5 Å². The molecule has 2 atom stereocenters. The fraction of sp³-hybridized carbons (Fsp3) is 0.778. The normalized spacial score (nSPS) is 21.3. The Labute approximate surface area is 148 Å². The summed E-state index contributed by atoms with van der Waals surface area (Å²) in [5.41, 5.74) is 0. The highest BCUT2D eigenvalue weighted by Crippen LogP contribution is 2.23. The van der Waals surface area contributed by atoms with Gasteiger partial charge in [0.25, 0.3) is 0 Å². The zero-order valence-corrected chi connectivity index (χ0v) is 15.0. The lowest BCUT2D eigenvalue weighted by atomic mass is 9.86. The Morgan fingerprint density at radius 3 is 2.68 bits per heavy atom. The van der Waals surface area contributed by atoms with Gasteiger partial charge in [0.15, 0.2) is 5.82 Å². The van der Waals surface area contributed by atoms with Crippen LogP contribution in [0.5, 0.6) is 0 Å². The van der Waals surface area contributed by atoms with E-state index < -0.39 is 11.9 Å². The highest BCUT2D eigenvalue weighted by Gasteiger charge is 2.29. The molecule has 1 aromatic rings. The van der Waals surface area contributed by atoms with Gasteiger partial charge in [-0.05, 0) is 25.7 Å². The van der Waals surface area contributed by atoms with Gasteiger partial charge in [0.1, 0.15) is 0 Å². The van der Waals surface area contributed by atoms with Gasteiger partial charge in [0.05, 0.1) is 5.92 Å². The van der Waals surface area contributed by atoms with E-state index in [4.69, 9.17) is 4.52 Å². The zero-order valence-electron chi connectivity index (χ0n) is 15.0. The van der Waals surface area contributed by atoms with Crippen molar-refractivity contribution in [1.29, 1.82) is 0 Å². The molecule has 1 aliphatic rings. The molecule has 1 amide bonds. The molecular weight excluding hydrogens is 322 g/mol. The van der Waals surface area contributed by atoms with Crippen molar-refractivity contribution < 1.29 is 19.2 Å². The molecule has 1 saturated carbocycles. The number of rotatable bonds is 8. The van der Waals surface area contributed by atoms with E-state index in [2.05, 4.69) is 22.4 Å². The second kappa shape index (κ2) is 10.2. The van der Waals surface area contributed by atoms with Crippen LogP contribution in [0.25, 0.3) is 0 Å². The van der Waals surface area contributed by atoms with Crippen LogP contribution < -0.4 is 5.32 Å².